The van der Waals surface area contributed by atoms with Crippen LogP contribution >= 0.6 is 0 Å². The fourth-order valence-corrected chi connectivity index (χ4v) is 4.80. The van der Waals surface area contributed by atoms with E-state index in [2.05, 4.69) is 20.4 Å². The van der Waals surface area contributed by atoms with Gasteiger partial charge in [0.15, 0.2) is 11.5 Å². The van der Waals surface area contributed by atoms with Gasteiger partial charge in [-0.25, -0.2) is 4.39 Å². The Morgan fingerprint density at radius 1 is 1.02 bits per heavy atom. The minimum atomic E-state index is -0.270. The number of nitrogens with zero attached hydrogens (tertiary/aromatic N) is 3. The van der Waals surface area contributed by atoms with Crippen molar-refractivity contribution in [2.45, 2.75) is 32.5 Å². The molecule has 1 atom stereocenters. The molecule has 10 heteroatoms. The van der Waals surface area contributed by atoms with Gasteiger partial charge in [-0.3, -0.25) is 9.69 Å². The number of piperidine rings is 1. The SMILES string of the molecule is COc1ccc(-c2noc(CN3CCCC(C(=O)NCc4ccc(OCc5ccc(F)cc5)cc4)C3)n2)cc1OC. The van der Waals surface area contributed by atoms with Crippen LogP contribution in [0.4, 0.5) is 4.39 Å². The van der Waals surface area contributed by atoms with Crippen molar-refractivity contribution in [3.63, 3.8) is 0 Å². The lowest BCUT2D eigenvalue weighted by atomic mass is 9.97. The van der Waals surface area contributed by atoms with Crippen LogP contribution in [-0.4, -0.2) is 48.3 Å². The topological polar surface area (TPSA) is 99.0 Å². The van der Waals surface area contributed by atoms with Gasteiger partial charge in [-0.1, -0.05) is 29.4 Å². The van der Waals surface area contributed by atoms with E-state index in [1.165, 1.54) is 12.1 Å². The number of hydrogen-bond donors (Lipinski definition) is 1. The molecule has 3 aromatic carbocycles. The first-order valence-corrected chi connectivity index (χ1v) is 13.5. The van der Waals surface area contributed by atoms with Gasteiger partial charge in [0.25, 0.3) is 0 Å². The number of carbonyl (C=O) groups excluding carboxylic acids is 1. The molecular weight excluding hydrogens is 527 g/mol. The predicted octanol–water partition coefficient (Wildman–Crippen LogP) is 5.00. The summed E-state index contributed by atoms with van der Waals surface area (Å²) < 4.78 is 35.0. The number of halogens is 1. The molecule has 0 radical (unpaired) electrons. The lowest BCUT2D eigenvalue weighted by Crippen LogP contribution is -2.42. The molecule has 214 valence electrons. The Morgan fingerprint density at radius 3 is 2.54 bits per heavy atom. The van der Waals surface area contributed by atoms with E-state index >= 15 is 0 Å². The Morgan fingerprint density at radius 2 is 1.78 bits per heavy atom. The van der Waals surface area contributed by atoms with Gasteiger partial charge in [-0.15, -0.1) is 0 Å². The third-order valence-corrected chi connectivity index (χ3v) is 7.05. The van der Waals surface area contributed by atoms with E-state index in [1.54, 1.807) is 32.4 Å². The fourth-order valence-electron chi connectivity index (χ4n) is 4.80. The molecule has 0 bridgehead atoms. The molecule has 5 rings (SSSR count). The highest BCUT2D eigenvalue weighted by Crippen LogP contribution is 2.31. The van der Waals surface area contributed by atoms with E-state index in [4.69, 9.17) is 18.7 Å². The van der Waals surface area contributed by atoms with Crippen molar-refractivity contribution in [1.29, 1.82) is 0 Å². The zero-order valence-corrected chi connectivity index (χ0v) is 23.1. The minimum Gasteiger partial charge on any atom is -0.493 e. The molecule has 4 aromatic rings. The van der Waals surface area contributed by atoms with Crippen molar-refractivity contribution in [2.24, 2.45) is 5.92 Å². The summed E-state index contributed by atoms with van der Waals surface area (Å²) in [4.78, 5) is 19.7. The van der Waals surface area contributed by atoms with E-state index in [9.17, 15) is 9.18 Å². The highest BCUT2D eigenvalue weighted by atomic mass is 19.1. The first kappa shape index (κ1) is 28.1. The van der Waals surface area contributed by atoms with E-state index < -0.39 is 0 Å². The average molecular weight is 561 g/mol. The average Bonchev–Trinajstić information content (AvgIpc) is 3.48. The van der Waals surface area contributed by atoms with E-state index in [0.29, 0.717) is 55.2 Å². The standard InChI is InChI=1S/C31H33FN4O5/c1-38-27-14-9-23(16-28(27)39-2)30-34-29(41-35-30)19-36-15-3-4-24(18-36)31(37)33-17-21-7-12-26(13-8-21)40-20-22-5-10-25(32)11-6-22/h5-14,16,24H,3-4,15,17-20H2,1-2H3,(H,33,37). The fraction of sp³-hybridized carbons (Fsp3) is 0.323. The summed E-state index contributed by atoms with van der Waals surface area (Å²) in [5.41, 5.74) is 2.64. The smallest absolute Gasteiger partial charge is 0.241 e. The molecule has 41 heavy (non-hydrogen) atoms. The molecule has 1 unspecified atom stereocenters. The normalized spacial score (nSPS) is 15.3. The number of nitrogens with one attached hydrogen (secondary N) is 1. The quantitative estimate of drug-likeness (QED) is 0.274. The number of benzene rings is 3. The van der Waals surface area contributed by atoms with Crippen LogP contribution in [0.5, 0.6) is 17.2 Å². The third kappa shape index (κ3) is 7.40. The molecule has 0 spiro atoms. The largest absolute Gasteiger partial charge is 0.493 e. The molecule has 1 amide bonds. The molecule has 0 saturated carbocycles. The van der Waals surface area contributed by atoms with Crippen molar-refractivity contribution >= 4 is 5.91 Å². The molecule has 1 aromatic heterocycles. The second-order valence-electron chi connectivity index (χ2n) is 9.93. The van der Waals surface area contributed by atoms with Crippen LogP contribution in [0.1, 0.15) is 29.9 Å². The number of carbonyl (C=O) groups is 1. The number of ether oxygens (including phenoxy) is 3. The van der Waals surface area contributed by atoms with Crippen molar-refractivity contribution in [2.75, 3.05) is 27.3 Å². The van der Waals surface area contributed by atoms with Crippen LogP contribution in [0.15, 0.2) is 71.3 Å². The maximum absolute atomic E-state index is 13.1. The van der Waals surface area contributed by atoms with Crippen molar-refractivity contribution < 1.29 is 27.9 Å². The zero-order chi connectivity index (χ0) is 28.6. The number of rotatable bonds is 11. The van der Waals surface area contributed by atoms with E-state index in [-0.39, 0.29) is 17.6 Å². The third-order valence-electron chi connectivity index (χ3n) is 7.05. The van der Waals surface area contributed by atoms with Crippen molar-refractivity contribution in [3.05, 3.63) is 89.6 Å². The van der Waals surface area contributed by atoms with Gasteiger partial charge in [-0.05, 0) is 73.0 Å². The van der Waals surface area contributed by atoms with E-state index in [0.717, 1.165) is 36.1 Å². The lowest BCUT2D eigenvalue weighted by molar-refractivity contribution is -0.127. The molecule has 1 aliphatic rings. The first-order valence-electron chi connectivity index (χ1n) is 13.5. The second kappa shape index (κ2) is 13.3. The van der Waals surface area contributed by atoms with Crippen LogP contribution in [0.25, 0.3) is 11.4 Å². The Balaban J connectivity index is 1.09. The zero-order valence-electron chi connectivity index (χ0n) is 23.1. The summed E-state index contributed by atoms with van der Waals surface area (Å²) in [7, 11) is 3.17. The van der Waals surface area contributed by atoms with Gasteiger partial charge < -0.3 is 24.1 Å². The summed E-state index contributed by atoms with van der Waals surface area (Å²) in [6.07, 6.45) is 1.74. The van der Waals surface area contributed by atoms with Gasteiger partial charge >= 0.3 is 0 Å². The number of amides is 1. The summed E-state index contributed by atoms with van der Waals surface area (Å²) in [6.45, 7) is 2.75. The van der Waals surface area contributed by atoms with Gasteiger partial charge in [0.2, 0.25) is 17.6 Å². The monoisotopic (exact) mass is 560 g/mol. The van der Waals surface area contributed by atoms with Crippen LogP contribution < -0.4 is 19.5 Å². The number of hydrogen-bond acceptors (Lipinski definition) is 8. The summed E-state index contributed by atoms with van der Waals surface area (Å²) >= 11 is 0. The van der Waals surface area contributed by atoms with Gasteiger partial charge in [0, 0.05) is 18.7 Å². The predicted molar refractivity (Wildman–Crippen MR) is 150 cm³/mol. The molecular formula is C31H33FN4O5. The number of likely N-dealkylation sites (tertiary alicyclic amines) is 1. The summed E-state index contributed by atoms with van der Waals surface area (Å²) in [6, 6.07) is 19.3. The Labute approximate surface area is 238 Å². The summed E-state index contributed by atoms with van der Waals surface area (Å²) in [5.74, 6) is 2.54. The number of methoxy groups -OCH3 is 2. The van der Waals surface area contributed by atoms with Crippen molar-refractivity contribution in [3.8, 4) is 28.6 Å². The highest BCUT2D eigenvalue weighted by molar-refractivity contribution is 5.79. The second-order valence-corrected chi connectivity index (χ2v) is 9.93. The van der Waals surface area contributed by atoms with E-state index in [1.807, 2.05) is 36.4 Å². The Kier molecular flexibility index (Phi) is 9.10. The maximum Gasteiger partial charge on any atom is 0.241 e. The van der Waals surface area contributed by atoms with Gasteiger partial charge in [0.05, 0.1) is 26.7 Å². The van der Waals surface area contributed by atoms with Gasteiger partial charge in [0.1, 0.15) is 18.2 Å². The van der Waals surface area contributed by atoms with Crippen LogP contribution in [-0.2, 0) is 24.5 Å². The molecule has 1 aliphatic heterocycles. The molecule has 2 heterocycles. The molecule has 1 fully saturated rings. The Hall–Kier alpha value is -4.44. The first-order chi connectivity index (χ1) is 20.0. The molecule has 0 aliphatic carbocycles. The van der Waals surface area contributed by atoms with Crippen molar-refractivity contribution in [1.82, 2.24) is 20.4 Å². The van der Waals surface area contributed by atoms with Crippen LogP contribution in [0.2, 0.25) is 0 Å². The summed E-state index contributed by atoms with van der Waals surface area (Å²) in [5, 5.41) is 7.19. The highest BCUT2D eigenvalue weighted by Gasteiger charge is 2.27. The lowest BCUT2D eigenvalue weighted by Gasteiger charge is -2.30. The van der Waals surface area contributed by atoms with Crippen LogP contribution in [0.3, 0.4) is 0 Å². The maximum atomic E-state index is 13.1. The molecule has 1 saturated heterocycles. The molecule has 9 nitrogen and oxygen atoms in total. The van der Waals surface area contributed by atoms with Crippen LogP contribution in [0, 0.1) is 11.7 Å². The molecule has 1 N–H and O–H groups in total. The Bertz CT molecular complexity index is 1440. The number of aromatic nitrogens is 2. The van der Waals surface area contributed by atoms with Gasteiger partial charge in [-0.2, -0.15) is 4.98 Å². The minimum absolute atomic E-state index is 0.0304.